The van der Waals surface area contributed by atoms with Crippen LogP contribution < -0.4 is 5.73 Å². The zero-order chi connectivity index (χ0) is 20.5. The predicted octanol–water partition coefficient (Wildman–Crippen LogP) is 4.18. The van der Waals surface area contributed by atoms with Gasteiger partial charge in [-0.2, -0.15) is 0 Å². The minimum atomic E-state index is -0.0801. The van der Waals surface area contributed by atoms with Crippen LogP contribution in [-0.2, 0) is 4.74 Å². The summed E-state index contributed by atoms with van der Waals surface area (Å²) in [5.41, 5.74) is 9.70. The van der Waals surface area contributed by atoms with Crippen molar-refractivity contribution < 1.29 is 4.74 Å². The van der Waals surface area contributed by atoms with E-state index in [1.54, 1.807) is 6.20 Å². The first-order valence-corrected chi connectivity index (χ1v) is 10.7. The van der Waals surface area contributed by atoms with Crippen molar-refractivity contribution in [2.75, 3.05) is 0 Å². The van der Waals surface area contributed by atoms with E-state index in [2.05, 4.69) is 36.8 Å². The van der Waals surface area contributed by atoms with E-state index in [1.165, 1.54) is 12.8 Å². The topological polar surface area (TPSA) is 86.3 Å². The highest BCUT2D eigenvalue weighted by molar-refractivity contribution is 5.80. The molecule has 0 amide bonds. The molecule has 2 N–H and O–H groups in total. The first-order valence-electron chi connectivity index (χ1n) is 10.7. The van der Waals surface area contributed by atoms with Gasteiger partial charge in [0.1, 0.15) is 5.82 Å². The van der Waals surface area contributed by atoms with Crippen molar-refractivity contribution in [3.63, 3.8) is 0 Å². The smallest absolute Gasteiger partial charge is 0.163 e. The van der Waals surface area contributed by atoms with E-state index in [0.29, 0.717) is 12.0 Å². The Kier molecular flexibility index (Phi) is 5.63. The van der Waals surface area contributed by atoms with Gasteiger partial charge in [-0.15, -0.1) is 0 Å². The van der Waals surface area contributed by atoms with E-state index < -0.39 is 0 Å². The molecule has 0 aromatic carbocycles. The van der Waals surface area contributed by atoms with Crippen LogP contribution in [0.1, 0.15) is 75.5 Å². The second-order valence-electron chi connectivity index (χ2n) is 8.73. The molecule has 0 spiro atoms. The van der Waals surface area contributed by atoms with Gasteiger partial charge in [-0.25, -0.2) is 15.0 Å². The average molecular weight is 394 g/mol. The number of nitrogens with two attached hydrogens (primary N) is 1. The summed E-state index contributed by atoms with van der Waals surface area (Å²) < 4.78 is 6.22. The van der Waals surface area contributed by atoms with E-state index in [0.717, 1.165) is 46.7 Å². The van der Waals surface area contributed by atoms with Crippen LogP contribution in [0.2, 0.25) is 0 Å². The molecule has 1 saturated carbocycles. The van der Waals surface area contributed by atoms with Crippen molar-refractivity contribution in [1.29, 1.82) is 0 Å². The Morgan fingerprint density at radius 2 is 2.00 bits per heavy atom. The van der Waals surface area contributed by atoms with Gasteiger partial charge in [0.2, 0.25) is 0 Å². The first kappa shape index (κ1) is 20.0. The largest absolute Gasteiger partial charge is 0.404 e. The lowest BCUT2D eigenvalue weighted by Crippen LogP contribution is -2.33. The van der Waals surface area contributed by atoms with Gasteiger partial charge in [-0.3, -0.25) is 4.99 Å². The number of hydrogen-bond donors (Lipinski definition) is 1. The molecule has 0 bridgehead atoms. The monoisotopic (exact) mass is 393 g/mol. The number of fused-ring (bicyclic) bond motifs is 1. The highest BCUT2D eigenvalue weighted by Crippen LogP contribution is 2.35. The van der Waals surface area contributed by atoms with Crippen LogP contribution in [0.15, 0.2) is 28.9 Å². The minimum Gasteiger partial charge on any atom is -0.404 e. The normalized spacial score (nSPS) is 26.0. The van der Waals surface area contributed by atoms with E-state index in [9.17, 15) is 0 Å². The third-order valence-electron chi connectivity index (χ3n) is 5.71. The van der Waals surface area contributed by atoms with Crippen molar-refractivity contribution in [3.05, 3.63) is 41.1 Å². The molecule has 0 unspecified atom stereocenters. The Morgan fingerprint density at radius 1 is 1.21 bits per heavy atom. The van der Waals surface area contributed by atoms with Gasteiger partial charge < -0.3 is 10.5 Å². The van der Waals surface area contributed by atoms with E-state index in [-0.39, 0.29) is 18.1 Å². The lowest BCUT2D eigenvalue weighted by Gasteiger charge is -2.34. The standard InChI is InChI=1S/C23H31N5O/c1-13(2)21-19-8-5-14(3)26-23(19)28-22(27-21)16-9-15(4)29-20(10-16)17(11-24)12-25-18-6-7-18/h5,8,11-13,15-16,18,20H,6-7,9-10,24H2,1-4H3/b17-11+,25-12?/t15-,16+,20-/m0/s1. The molecule has 0 radical (unpaired) electrons. The molecule has 2 aromatic heterocycles. The number of aryl methyl sites for hydroxylation is 1. The van der Waals surface area contributed by atoms with Crippen LogP contribution >= 0.6 is 0 Å². The van der Waals surface area contributed by atoms with Crippen molar-refractivity contribution in [3.8, 4) is 0 Å². The Morgan fingerprint density at radius 3 is 2.69 bits per heavy atom. The fourth-order valence-electron chi connectivity index (χ4n) is 3.99. The van der Waals surface area contributed by atoms with Crippen molar-refractivity contribution in [2.45, 2.75) is 83.5 Å². The molecule has 2 aromatic rings. The fourth-order valence-corrected chi connectivity index (χ4v) is 3.99. The summed E-state index contributed by atoms with van der Waals surface area (Å²) in [6, 6.07) is 4.59. The maximum Gasteiger partial charge on any atom is 0.163 e. The zero-order valence-electron chi connectivity index (χ0n) is 17.8. The summed E-state index contributed by atoms with van der Waals surface area (Å²) >= 11 is 0. The average Bonchev–Trinajstić information content (AvgIpc) is 3.51. The van der Waals surface area contributed by atoms with Gasteiger partial charge >= 0.3 is 0 Å². The zero-order valence-corrected chi connectivity index (χ0v) is 17.8. The van der Waals surface area contributed by atoms with Gasteiger partial charge in [-0.1, -0.05) is 13.8 Å². The van der Waals surface area contributed by atoms with Crippen LogP contribution in [0.5, 0.6) is 0 Å². The minimum absolute atomic E-state index is 0.0801. The summed E-state index contributed by atoms with van der Waals surface area (Å²) in [5, 5.41) is 1.05. The van der Waals surface area contributed by atoms with Gasteiger partial charge in [0, 0.05) is 35.0 Å². The third kappa shape index (κ3) is 4.47. The maximum absolute atomic E-state index is 6.22. The second-order valence-corrected chi connectivity index (χ2v) is 8.73. The Hall–Kier alpha value is -2.34. The summed E-state index contributed by atoms with van der Waals surface area (Å²) in [4.78, 5) is 19.2. The van der Waals surface area contributed by atoms with Crippen LogP contribution in [-0.4, -0.2) is 39.4 Å². The maximum atomic E-state index is 6.22. The Bertz CT molecular complexity index is 948. The van der Waals surface area contributed by atoms with Gasteiger partial charge in [0.05, 0.1) is 23.9 Å². The molecular formula is C23H31N5O. The number of hydrogen-bond acceptors (Lipinski definition) is 6. The molecule has 3 heterocycles. The molecule has 2 fully saturated rings. The molecule has 29 heavy (non-hydrogen) atoms. The Balaban J connectivity index is 1.66. The summed E-state index contributed by atoms with van der Waals surface area (Å²) in [5.74, 6) is 1.38. The molecule has 2 aliphatic rings. The van der Waals surface area contributed by atoms with E-state index in [4.69, 9.17) is 20.4 Å². The van der Waals surface area contributed by atoms with Crippen molar-refractivity contribution in [1.82, 2.24) is 15.0 Å². The fraction of sp³-hybridized carbons (Fsp3) is 0.565. The quantitative estimate of drug-likeness (QED) is 0.770. The van der Waals surface area contributed by atoms with Crippen LogP contribution in [0, 0.1) is 6.92 Å². The van der Waals surface area contributed by atoms with Gasteiger partial charge in [0.25, 0.3) is 0 Å². The number of ether oxygens (including phenoxy) is 1. The van der Waals surface area contributed by atoms with Gasteiger partial charge in [-0.05, 0) is 57.6 Å². The van der Waals surface area contributed by atoms with Gasteiger partial charge in [0.15, 0.2) is 5.65 Å². The highest BCUT2D eigenvalue weighted by Gasteiger charge is 2.32. The lowest BCUT2D eigenvalue weighted by atomic mass is 9.88. The number of aromatic nitrogens is 3. The first-order chi connectivity index (χ1) is 13.9. The molecule has 1 aliphatic carbocycles. The SMILES string of the molecule is Cc1ccc2c(C(C)C)nc([C@H]3C[C@@H](/C(C=NC4CC4)=C/N)O[C@@H](C)C3)nc2n1. The molecule has 6 heteroatoms. The predicted molar refractivity (Wildman–Crippen MR) is 116 cm³/mol. The second kappa shape index (κ2) is 8.19. The Labute approximate surface area is 172 Å². The molecule has 154 valence electrons. The highest BCUT2D eigenvalue weighted by atomic mass is 16.5. The number of pyridine rings is 1. The van der Waals surface area contributed by atoms with Crippen LogP contribution in [0.3, 0.4) is 0 Å². The molecule has 3 atom stereocenters. The number of aliphatic imine (C=N–C) groups is 1. The van der Waals surface area contributed by atoms with Crippen molar-refractivity contribution in [2.24, 2.45) is 10.7 Å². The lowest BCUT2D eigenvalue weighted by molar-refractivity contribution is -0.0272. The molecule has 4 rings (SSSR count). The number of rotatable bonds is 5. The number of nitrogens with zero attached hydrogens (tertiary/aromatic N) is 4. The molecule has 1 aliphatic heterocycles. The van der Waals surface area contributed by atoms with Crippen LogP contribution in [0.25, 0.3) is 11.0 Å². The van der Waals surface area contributed by atoms with Crippen LogP contribution in [0.4, 0.5) is 0 Å². The van der Waals surface area contributed by atoms with E-state index in [1.807, 2.05) is 19.2 Å². The molecule has 1 saturated heterocycles. The third-order valence-corrected chi connectivity index (χ3v) is 5.71. The summed E-state index contributed by atoms with van der Waals surface area (Å²) in [6.45, 7) is 8.45. The summed E-state index contributed by atoms with van der Waals surface area (Å²) in [7, 11) is 0. The van der Waals surface area contributed by atoms with Crippen molar-refractivity contribution >= 4 is 17.2 Å². The summed E-state index contributed by atoms with van der Waals surface area (Å²) in [6.07, 6.45) is 7.61. The molecule has 6 nitrogen and oxygen atoms in total. The van der Waals surface area contributed by atoms with E-state index >= 15 is 0 Å². The molecular weight excluding hydrogens is 362 g/mol.